The maximum atomic E-state index is 13.3. The number of amides is 1. The monoisotopic (exact) mass is 455 g/mol. The van der Waals surface area contributed by atoms with Gasteiger partial charge in [-0.1, -0.05) is 72.8 Å². The number of ether oxygens (including phenoxy) is 2. The van der Waals surface area contributed by atoms with Gasteiger partial charge < -0.3 is 14.8 Å². The van der Waals surface area contributed by atoms with E-state index in [0.29, 0.717) is 49.9 Å². The molecule has 0 radical (unpaired) electrons. The molecule has 0 aliphatic carbocycles. The summed E-state index contributed by atoms with van der Waals surface area (Å²) in [5.41, 5.74) is 4.90. The SMILES string of the molecule is CCOCCOCc1cccc(NC(=O)c2cn(Cc3ccccc3)nc2-c2ccccc2)c1. The van der Waals surface area contributed by atoms with Crippen LogP contribution in [-0.2, 0) is 22.6 Å². The Balaban J connectivity index is 1.51. The summed E-state index contributed by atoms with van der Waals surface area (Å²) >= 11 is 0. The Morgan fingerprint density at radius 2 is 1.59 bits per heavy atom. The first-order chi connectivity index (χ1) is 16.7. The molecule has 4 rings (SSSR count). The van der Waals surface area contributed by atoms with Gasteiger partial charge in [-0.2, -0.15) is 5.10 Å². The molecule has 1 amide bonds. The molecule has 174 valence electrons. The lowest BCUT2D eigenvalue weighted by Crippen LogP contribution is -2.12. The number of nitrogens with one attached hydrogen (secondary N) is 1. The molecule has 0 aliphatic heterocycles. The summed E-state index contributed by atoms with van der Waals surface area (Å²) in [4.78, 5) is 13.3. The molecule has 0 aliphatic rings. The van der Waals surface area contributed by atoms with E-state index in [0.717, 1.165) is 16.7 Å². The predicted octanol–water partition coefficient (Wildman–Crippen LogP) is 5.40. The van der Waals surface area contributed by atoms with E-state index in [1.165, 1.54) is 0 Å². The van der Waals surface area contributed by atoms with Crippen molar-refractivity contribution in [2.45, 2.75) is 20.1 Å². The first kappa shape index (κ1) is 23.4. The van der Waals surface area contributed by atoms with Crippen LogP contribution in [0.15, 0.2) is 91.1 Å². The zero-order chi connectivity index (χ0) is 23.6. The Bertz CT molecular complexity index is 1190. The Morgan fingerprint density at radius 3 is 2.35 bits per heavy atom. The molecule has 3 aromatic carbocycles. The summed E-state index contributed by atoms with van der Waals surface area (Å²) in [7, 11) is 0. The van der Waals surface area contributed by atoms with Crippen molar-refractivity contribution in [3.63, 3.8) is 0 Å². The summed E-state index contributed by atoms with van der Waals surface area (Å²) in [5.74, 6) is -0.201. The normalized spacial score (nSPS) is 10.9. The van der Waals surface area contributed by atoms with E-state index < -0.39 is 0 Å². The standard InChI is InChI=1S/C28H29N3O3/c1-2-33-16-17-34-21-23-12-9-15-25(18-23)29-28(32)26-20-31(19-22-10-5-3-6-11-22)30-27(26)24-13-7-4-8-14-24/h3-15,18,20H,2,16-17,19,21H2,1H3,(H,29,32). The molecule has 1 aromatic heterocycles. The van der Waals surface area contributed by atoms with Crippen LogP contribution in [0.4, 0.5) is 5.69 Å². The van der Waals surface area contributed by atoms with Crippen LogP contribution in [0.1, 0.15) is 28.4 Å². The molecular weight excluding hydrogens is 426 g/mol. The molecule has 1 heterocycles. The third-order valence-corrected chi connectivity index (χ3v) is 5.27. The van der Waals surface area contributed by atoms with Crippen LogP contribution >= 0.6 is 0 Å². The number of anilines is 1. The van der Waals surface area contributed by atoms with Gasteiger partial charge in [0.05, 0.1) is 31.9 Å². The van der Waals surface area contributed by atoms with Crippen LogP contribution in [0, 0.1) is 0 Å². The number of hydrogen-bond acceptors (Lipinski definition) is 4. The summed E-state index contributed by atoms with van der Waals surface area (Å²) in [5, 5.41) is 7.77. The van der Waals surface area contributed by atoms with E-state index in [-0.39, 0.29) is 5.91 Å². The number of benzene rings is 3. The molecule has 6 nitrogen and oxygen atoms in total. The van der Waals surface area contributed by atoms with Crippen molar-refractivity contribution in [2.75, 3.05) is 25.1 Å². The van der Waals surface area contributed by atoms with E-state index in [1.54, 1.807) is 0 Å². The van der Waals surface area contributed by atoms with Crippen molar-refractivity contribution in [3.05, 3.63) is 108 Å². The highest BCUT2D eigenvalue weighted by Crippen LogP contribution is 2.24. The zero-order valence-corrected chi connectivity index (χ0v) is 19.3. The van der Waals surface area contributed by atoms with Gasteiger partial charge in [0.25, 0.3) is 5.91 Å². The van der Waals surface area contributed by atoms with Gasteiger partial charge >= 0.3 is 0 Å². The van der Waals surface area contributed by atoms with Gasteiger partial charge in [-0.25, -0.2) is 0 Å². The molecule has 34 heavy (non-hydrogen) atoms. The lowest BCUT2D eigenvalue weighted by atomic mass is 10.1. The molecule has 0 fully saturated rings. The molecular formula is C28H29N3O3. The summed E-state index contributed by atoms with van der Waals surface area (Å²) in [6.07, 6.45) is 1.81. The van der Waals surface area contributed by atoms with Gasteiger partial charge in [0.15, 0.2) is 0 Å². The average Bonchev–Trinajstić information content (AvgIpc) is 3.29. The maximum absolute atomic E-state index is 13.3. The van der Waals surface area contributed by atoms with E-state index in [9.17, 15) is 4.79 Å². The second-order valence-corrected chi connectivity index (χ2v) is 7.84. The lowest BCUT2D eigenvalue weighted by molar-refractivity contribution is 0.0453. The van der Waals surface area contributed by atoms with Crippen LogP contribution in [0.25, 0.3) is 11.3 Å². The van der Waals surface area contributed by atoms with Gasteiger partial charge in [0.2, 0.25) is 0 Å². The van der Waals surface area contributed by atoms with Crippen molar-refractivity contribution in [1.29, 1.82) is 0 Å². The van der Waals surface area contributed by atoms with Gasteiger partial charge in [0.1, 0.15) is 5.69 Å². The molecule has 0 saturated carbocycles. The Hall–Kier alpha value is -3.74. The Kier molecular flexibility index (Phi) is 8.22. The minimum atomic E-state index is -0.201. The maximum Gasteiger partial charge on any atom is 0.259 e. The molecule has 0 atom stereocenters. The molecule has 0 spiro atoms. The highest BCUT2D eigenvalue weighted by Gasteiger charge is 2.18. The number of hydrogen-bond donors (Lipinski definition) is 1. The molecule has 0 saturated heterocycles. The topological polar surface area (TPSA) is 65.4 Å². The quantitative estimate of drug-likeness (QED) is 0.307. The van der Waals surface area contributed by atoms with E-state index in [1.807, 2.05) is 103 Å². The average molecular weight is 456 g/mol. The van der Waals surface area contributed by atoms with Crippen molar-refractivity contribution < 1.29 is 14.3 Å². The second kappa shape index (κ2) is 11.9. The second-order valence-electron chi connectivity index (χ2n) is 7.84. The fourth-order valence-electron chi connectivity index (χ4n) is 3.64. The van der Waals surface area contributed by atoms with Crippen LogP contribution < -0.4 is 5.32 Å². The van der Waals surface area contributed by atoms with Crippen molar-refractivity contribution in [1.82, 2.24) is 9.78 Å². The smallest absolute Gasteiger partial charge is 0.259 e. The Labute approximate surface area is 200 Å². The number of aromatic nitrogens is 2. The summed E-state index contributed by atoms with van der Waals surface area (Å²) < 4.78 is 12.8. The van der Waals surface area contributed by atoms with Crippen LogP contribution in [0.3, 0.4) is 0 Å². The van der Waals surface area contributed by atoms with Gasteiger partial charge in [0, 0.05) is 24.1 Å². The molecule has 4 aromatic rings. The zero-order valence-electron chi connectivity index (χ0n) is 19.3. The highest BCUT2D eigenvalue weighted by molar-refractivity contribution is 6.08. The van der Waals surface area contributed by atoms with Crippen LogP contribution in [-0.4, -0.2) is 35.5 Å². The number of rotatable bonds is 11. The van der Waals surface area contributed by atoms with Crippen molar-refractivity contribution >= 4 is 11.6 Å². The van der Waals surface area contributed by atoms with E-state index in [4.69, 9.17) is 14.6 Å². The summed E-state index contributed by atoms with van der Waals surface area (Å²) in [6, 6.07) is 27.5. The molecule has 1 N–H and O–H groups in total. The first-order valence-electron chi connectivity index (χ1n) is 11.5. The summed E-state index contributed by atoms with van der Waals surface area (Å²) in [6.45, 7) is 4.79. The van der Waals surface area contributed by atoms with Gasteiger partial charge in [-0.05, 0) is 30.2 Å². The highest BCUT2D eigenvalue weighted by atomic mass is 16.5. The third-order valence-electron chi connectivity index (χ3n) is 5.27. The van der Waals surface area contributed by atoms with Crippen molar-refractivity contribution in [3.8, 4) is 11.3 Å². The van der Waals surface area contributed by atoms with Crippen LogP contribution in [0.2, 0.25) is 0 Å². The number of carbonyl (C=O) groups excluding carboxylic acids is 1. The third kappa shape index (κ3) is 6.41. The fraction of sp³-hybridized carbons (Fsp3) is 0.214. The largest absolute Gasteiger partial charge is 0.379 e. The van der Waals surface area contributed by atoms with Crippen molar-refractivity contribution in [2.24, 2.45) is 0 Å². The van der Waals surface area contributed by atoms with Crippen LogP contribution in [0.5, 0.6) is 0 Å². The fourth-order valence-corrected chi connectivity index (χ4v) is 3.64. The number of nitrogens with zero attached hydrogens (tertiary/aromatic N) is 2. The first-order valence-corrected chi connectivity index (χ1v) is 11.5. The molecule has 6 heteroatoms. The molecule has 0 unspecified atom stereocenters. The lowest BCUT2D eigenvalue weighted by Gasteiger charge is -2.09. The Morgan fingerprint density at radius 1 is 0.882 bits per heavy atom. The van der Waals surface area contributed by atoms with Gasteiger partial charge in [-0.15, -0.1) is 0 Å². The number of carbonyl (C=O) groups is 1. The minimum Gasteiger partial charge on any atom is -0.379 e. The van der Waals surface area contributed by atoms with Gasteiger partial charge in [-0.3, -0.25) is 9.48 Å². The molecule has 0 bridgehead atoms. The predicted molar refractivity (Wildman–Crippen MR) is 134 cm³/mol. The minimum absolute atomic E-state index is 0.201. The van der Waals surface area contributed by atoms with E-state index >= 15 is 0 Å². The van der Waals surface area contributed by atoms with E-state index in [2.05, 4.69) is 5.32 Å².